The number of nitrogens with one attached hydrogen (secondary N) is 1. The fourth-order valence-corrected chi connectivity index (χ4v) is 1.97. The second-order valence-corrected chi connectivity index (χ2v) is 4.70. The van der Waals surface area contributed by atoms with Crippen LogP contribution >= 0.6 is 0 Å². The topological polar surface area (TPSA) is 37.8 Å². The van der Waals surface area contributed by atoms with E-state index >= 15 is 0 Å². The molecule has 0 radical (unpaired) electrons. The van der Waals surface area contributed by atoms with E-state index in [1.54, 1.807) is 13.0 Å². The second kappa shape index (κ2) is 6.11. The Kier molecular flexibility index (Phi) is 4.45. The third-order valence-electron chi connectivity index (χ3n) is 2.99. The molecule has 21 heavy (non-hydrogen) atoms. The summed E-state index contributed by atoms with van der Waals surface area (Å²) in [5, 5.41) is 2.99. The Bertz CT molecular complexity index is 624. The first-order valence-electron chi connectivity index (χ1n) is 6.67. The fourth-order valence-electron chi connectivity index (χ4n) is 1.97. The van der Waals surface area contributed by atoms with Gasteiger partial charge in [-0.3, -0.25) is 0 Å². The highest BCUT2D eigenvalue weighted by molar-refractivity contribution is 5.68. The van der Waals surface area contributed by atoms with Gasteiger partial charge < -0.3 is 5.32 Å². The van der Waals surface area contributed by atoms with E-state index in [0.29, 0.717) is 23.8 Å². The van der Waals surface area contributed by atoms with Crippen LogP contribution in [0, 0.1) is 6.92 Å². The van der Waals surface area contributed by atoms with Crippen molar-refractivity contribution in [2.45, 2.75) is 26.4 Å². The number of hydrogen-bond acceptors (Lipinski definition) is 3. The summed E-state index contributed by atoms with van der Waals surface area (Å²) in [7, 11) is 0. The maximum Gasteiger partial charge on any atom is 0.417 e. The van der Waals surface area contributed by atoms with Gasteiger partial charge in [-0.15, -0.1) is 0 Å². The van der Waals surface area contributed by atoms with Gasteiger partial charge in [0, 0.05) is 18.3 Å². The molecule has 112 valence electrons. The van der Waals surface area contributed by atoms with Gasteiger partial charge >= 0.3 is 6.18 Å². The third kappa shape index (κ3) is 3.51. The molecule has 2 rings (SSSR count). The van der Waals surface area contributed by atoms with Crippen LogP contribution in [0.15, 0.2) is 30.5 Å². The molecule has 0 spiro atoms. The maximum atomic E-state index is 13.1. The summed E-state index contributed by atoms with van der Waals surface area (Å²) in [4.78, 5) is 8.32. The molecule has 0 aliphatic carbocycles. The number of anilines is 1. The highest BCUT2D eigenvalue weighted by atomic mass is 19.4. The standard InChI is InChI=1S/C15H16F3N3/c1-3-8-19-14-20-9-10(2)13(21-14)11-6-4-5-7-12(11)15(16,17)18/h4-7,9H,3,8H2,1-2H3,(H,19,20,21). The van der Waals surface area contributed by atoms with Gasteiger partial charge in [-0.25, -0.2) is 9.97 Å². The molecule has 0 aliphatic heterocycles. The van der Waals surface area contributed by atoms with E-state index in [2.05, 4.69) is 15.3 Å². The minimum Gasteiger partial charge on any atom is -0.354 e. The van der Waals surface area contributed by atoms with E-state index in [1.807, 2.05) is 6.92 Å². The Labute approximate surface area is 121 Å². The van der Waals surface area contributed by atoms with Crippen LogP contribution in [0.3, 0.4) is 0 Å². The molecule has 0 amide bonds. The average Bonchev–Trinajstić information content (AvgIpc) is 2.45. The highest BCUT2D eigenvalue weighted by Crippen LogP contribution is 2.37. The third-order valence-corrected chi connectivity index (χ3v) is 2.99. The van der Waals surface area contributed by atoms with E-state index in [-0.39, 0.29) is 5.56 Å². The molecule has 0 saturated heterocycles. The van der Waals surface area contributed by atoms with E-state index in [1.165, 1.54) is 18.3 Å². The van der Waals surface area contributed by atoms with Crippen molar-refractivity contribution < 1.29 is 13.2 Å². The largest absolute Gasteiger partial charge is 0.417 e. The molecule has 0 unspecified atom stereocenters. The number of aromatic nitrogens is 2. The summed E-state index contributed by atoms with van der Waals surface area (Å²) in [5.74, 6) is 0.342. The predicted molar refractivity (Wildman–Crippen MR) is 76.0 cm³/mol. The van der Waals surface area contributed by atoms with E-state index < -0.39 is 11.7 Å². The molecule has 1 aromatic heterocycles. The summed E-state index contributed by atoms with van der Waals surface area (Å²) in [6, 6.07) is 5.45. The van der Waals surface area contributed by atoms with Crippen LogP contribution < -0.4 is 5.32 Å². The highest BCUT2D eigenvalue weighted by Gasteiger charge is 2.34. The molecule has 2 aromatic rings. The molecule has 0 fully saturated rings. The molecule has 3 nitrogen and oxygen atoms in total. The fraction of sp³-hybridized carbons (Fsp3) is 0.333. The zero-order valence-electron chi connectivity index (χ0n) is 11.8. The van der Waals surface area contributed by atoms with Crippen LogP contribution in [-0.4, -0.2) is 16.5 Å². The second-order valence-electron chi connectivity index (χ2n) is 4.70. The van der Waals surface area contributed by atoms with E-state index in [4.69, 9.17) is 0 Å². The molecule has 6 heteroatoms. The minimum atomic E-state index is -4.41. The predicted octanol–water partition coefficient (Wildman–Crippen LogP) is 4.29. The molecule has 1 heterocycles. The van der Waals surface area contributed by atoms with Crippen molar-refractivity contribution in [1.82, 2.24) is 9.97 Å². The summed E-state index contributed by atoms with van der Waals surface area (Å²) < 4.78 is 39.3. The monoisotopic (exact) mass is 295 g/mol. The lowest BCUT2D eigenvalue weighted by Crippen LogP contribution is -2.09. The summed E-state index contributed by atoms with van der Waals surface area (Å²) >= 11 is 0. The first-order valence-corrected chi connectivity index (χ1v) is 6.67. The molecule has 0 saturated carbocycles. The Balaban J connectivity index is 2.51. The molecular weight excluding hydrogens is 279 g/mol. The molecular formula is C15H16F3N3. The van der Waals surface area contributed by atoms with Crippen LogP contribution in [0.25, 0.3) is 11.3 Å². The van der Waals surface area contributed by atoms with Gasteiger partial charge in [0.05, 0.1) is 11.3 Å². The average molecular weight is 295 g/mol. The number of aryl methyl sites for hydroxylation is 1. The SMILES string of the molecule is CCCNc1ncc(C)c(-c2ccccc2C(F)(F)F)n1. The van der Waals surface area contributed by atoms with Crippen LogP contribution in [0.1, 0.15) is 24.5 Å². The Hall–Kier alpha value is -2.11. The van der Waals surface area contributed by atoms with Gasteiger partial charge in [0.25, 0.3) is 0 Å². The number of nitrogens with zero attached hydrogens (tertiary/aromatic N) is 2. The summed E-state index contributed by atoms with van der Waals surface area (Å²) in [5.41, 5.74) is 0.294. The molecule has 0 bridgehead atoms. The van der Waals surface area contributed by atoms with Gasteiger partial charge in [0.1, 0.15) is 0 Å². The number of benzene rings is 1. The van der Waals surface area contributed by atoms with Crippen LogP contribution in [0.5, 0.6) is 0 Å². The van der Waals surface area contributed by atoms with Gasteiger partial charge in [0.2, 0.25) is 5.95 Å². The first-order chi connectivity index (χ1) is 9.93. The Morgan fingerprint density at radius 1 is 1.19 bits per heavy atom. The normalized spacial score (nSPS) is 11.5. The lowest BCUT2D eigenvalue weighted by atomic mass is 10.0. The quantitative estimate of drug-likeness (QED) is 0.914. The molecule has 0 atom stereocenters. The Morgan fingerprint density at radius 3 is 2.57 bits per heavy atom. The summed E-state index contributed by atoms with van der Waals surface area (Å²) in [6.45, 7) is 4.36. The van der Waals surface area contributed by atoms with Gasteiger partial charge in [-0.2, -0.15) is 13.2 Å². The van der Waals surface area contributed by atoms with Crippen molar-refractivity contribution in [2.75, 3.05) is 11.9 Å². The van der Waals surface area contributed by atoms with Crippen molar-refractivity contribution in [3.05, 3.63) is 41.6 Å². The van der Waals surface area contributed by atoms with Crippen molar-refractivity contribution in [3.63, 3.8) is 0 Å². The van der Waals surface area contributed by atoms with Crippen molar-refractivity contribution >= 4 is 5.95 Å². The van der Waals surface area contributed by atoms with Crippen LogP contribution in [0.4, 0.5) is 19.1 Å². The number of alkyl halides is 3. The first kappa shape index (κ1) is 15.3. The smallest absolute Gasteiger partial charge is 0.354 e. The lowest BCUT2D eigenvalue weighted by Gasteiger charge is -2.14. The number of rotatable bonds is 4. The number of hydrogen-bond donors (Lipinski definition) is 1. The van der Waals surface area contributed by atoms with Gasteiger partial charge in [0.15, 0.2) is 0 Å². The van der Waals surface area contributed by atoms with E-state index in [9.17, 15) is 13.2 Å². The zero-order valence-corrected chi connectivity index (χ0v) is 11.8. The van der Waals surface area contributed by atoms with Gasteiger partial charge in [-0.05, 0) is 25.0 Å². The summed E-state index contributed by atoms with van der Waals surface area (Å²) in [6.07, 6.45) is -2.00. The molecule has 1 aromatic carbocycles. The molecule has 1 N–H and O–H groups in total. The Morgan fingerprint density at radius 2 is 1.90 bits per heavy atom. The lowest BCUT2D eigenvalue weighted by molar-refractivity contribution is -0.137. The van der Waals surface area contributed by atoms with Crippen molar-refractivity contribution in [2.24, 2.45) is 0 Å². The van der Waals surface area contributed by atoms with Crippen LogP contribution in [0.2, 0.25) is 0 Å². The van der Waals surface area contributed by atoms with Gasteiger partial charge in [-0.1, -0.05) is 25.1 Å². The van der Waals surface area contributed by atoms with Crippen molar-refractivity contribution in [3.8, 4) is 11.3 Å². The van der Waals surface area contributed by atoms with Crippen molar-refractivity contribution in [1.29, 1.82) is 0 Å². The minimum absolute atomic E-state index is 0.0736. The maximum absolute atomic E-state index is 13.1. The molecule has 0 aliphatic rings. The number of halogens is 3. The van der Waals surface area contributed by atoms with Crippen LogP contribution in [-0.2, 0) is 6.18 Å². The van der Waals surface area contributed by atoms with E-state index in [0.717, 1.165) is 12.5 Å². The zero-order chi connectivity index (χ0) is 15.5.